The van der Waals surface area contributed by atoms with Crippen LogP contribution < -0.4 is 0 Å². The molecule has 0 bridgehead atoms. The van der Waals surface area contributed by atoms with Crippen molar-refractivity contribution in [1.29, 1.82) is 0 Å². The van der Waals surface area contributed by atoms with E-state index in [4.69, 9.17) is 9.47 Å². The molecule has 2 aromatic carbocycles. The molecule has 3 rings (SSSR count). The lowest BCUT2D eigenvalue weighted by molar-refractivity contribution is -0.107. The van der Waals surface area contributed by atoms with E-state index in [9.17, 15) is 5.11 Å². The molecule has 5 heteroatoms. The number of rotatable bonds is 5. The highest BCUT2D eigenvalue weighted by molar-refractivity contribution is 5.93. The van der Waals surface area contributed by atoms with Crippen LogP contribution in [0.2, 0.25) is 0 Å². The highest BCUT2D eigenvalue weighted by Gasteiger charge is 2.17. The number of para-hydroxylation sites is 1. The lowest BCUT2D eigenvalue weighted by Gasteiger charge is -2.17. The predicted octanol–water partition coefficient (Wildman–Crippen LogP) is 4.29. The fourth-order valence-corrected chi connectivity index (χ4v) is 2.80. The van der Waals surface area contributed by atoms with E-state index in [-0.39, 0.29) is 5.75 Å². The van der Waals surface area contributed by atoms with E-state index in [1.165, 1.54) is 14.2 Å². The van der Waals surface area contributed by atoms with Crippen LogP contribution in [0.3, 0.4) is 0 Å². The molecule has 5 nitrogen and oxygen atoms in total. The Morgan fingerprint density at radius 1 is 1.12 bits per heavy atom. The minimum Gasteiger partial charge on any atom is -0.507 e. The topological polar surface area (TPSA) is 63.9 Å². The summed E-state index contributed by atoms with van der Waals surface area (Å²) in [4.78, 5) is 8.92. The Kier molecular flexibility index (Phi) is 5.07. The Bertz CT molecular complexity index is 913. The van der Waals surface area contributed by atoms with Gasteiger partial charge in [-0.3, -0.25) is 9.98 Å². The van der Waals surface area contributed by atoms with Crippen molar-refractivity contribution < 1.29 is 14.6 Å². The van der Waals surface area contributed by atoms with Gasteiger partial charge in [0, 0.05) is 37.6 Å². The third-order valence-electron chi connectivity index (χ3n) is 3.95. The Balaban J connectivity index is 2.04. The Labute approximate surface area is 146 Å². The van der Waals surface area contributed by atoms with E-state index in [1.54, 1.807) is 12.4 Å². The molecular weight excluding hydrogens is 316 g/mol. The summed E-state index contributed by atoms with van der Waals surface area (Å²) in [6, 6.07) is 13.4. The van der Waals surface area contributed by atoms with E-state index in [0.29, 0.717) is 11.1 Å². The summed E-state index contributed by atoms with van der Waals surface area (Å²) in [5.74, 6) is 0.0937. The van der Waals surface area contributed by atoms with Crippen molar-refractivity contribution in [2.24, 2.45) is 4.99 Å². The first kappa shape index (κ1) is 17.1. The molecule has 0 radical (unpaired) electrons. The lowest BCUT2D eigenvalue weighted by atomic mass is 10.0. The number of pyridine rings is 1. The van der Waals surface area contributed by atoms with Crippen molar-refractivity contribution in [3.63, 3.8) is 0 Å². The van der Waals surface area contributed by atoms with Gasteiger partial charge in [0.1, 0.15) is 5.75 Å². The van der Waals surface area contributed by atoms with Gasteiger partial charge in [-0.25, -0.2) is 0 Å². The van der Waals surface area contributed by atoms with Crippen molar-refractivity contribution in [3.8, 4) is 5.75 Å². The van der Waals surface area contributed by atoms with Crippen molar-refractivity contribution in [2.45, 2.75) is 13.2 Å². The number of hydrogen-bond acceptors (Lipinski definition) is 5. The molecule has 1 heterocycles. The minimum atomic E-state index is -0.633. The number of methoxy groups -OCH3 is 2. The molecule has 3 aromatic rings. The number of aryl methyl sites for hydroxylation is 1. The predicted molar refractivity (Wildman–Crippen MR) is 98.6 cm³/mol. The number of fused-ring (bicyclic) bond motifs is 1. The number of benzene rings is 2. The lowest BCUT2D eigenvalue weighted by Crippen LogP contribution is -2.05. The molecule has 0 aliphatic rings. The Morgan fingerprint density at radius 2 is 1.88 bits per heavy atom. The second kappa shape index (κ2) is 7.42. The highest BCUT2D eigenvalue weighted by atomic mass is 16.7. The summed E-state index contributed by atoms with van der Waals surface area (Å²) < 4.78 is 10.5. The van der Waals surface area contributed by atoms with E-state index in [2.05, 4.69) is 9.98 Å². The molecular formula is C20H20N2O3. The summed E-state index contributed by atoms with van der Waals surface area (Å²) in [6.45, 7) is 1.95. The van der Waals surface area contributed by atoms with E-state index < -0.39 is 6.29 Å². The third-order valence-corrected chi connectivity index (χ3v) is 3.95. The summed E-state index contributed by atoms with van der Waals surface area (Å²) in [6.07, 6.45) is 2.74. The minimum absolute atomic E-state index is 0.0937. The fraction of sp³-hybridized carbons (Fsp3) is 0.200. The summed E-state index contributed by atoms with van der Waals surface area (Å²) in [5, 5.41) is 11.6. The van der Waals surface area contributed by atoms with E-state index >= 15 is 0 Å². The normalized spacial score (nSPS) is 11.7. The molecule has 0 saturated heterocycles. The molecule has 0 fully saturated rings. The average Bonchev–Trinajstić information content (AvgIpc) is 2.64. The zero-order valence-corrected chi connectivity index (χ0v) is 14.4. The van der Waals surface area contributed by atoms with E-state index in [1.807, 2.05) is 49.4 Å². The van der Waals surface area contributed by atoms with Crippen molar-refractivity contribution in [3.05, 3.63) is 65.4 Å². The van der Waals surface area contributed by atoms with Gasteiger partial charge in [0.05, 0.1) is 16.8 Å². The second-order valence-electron chi connectivity index (χ2n) is 5.71. The molecule has 1 aromatic heterocycles. The van der Waals surface area contributed by atoms with Gasteiger partial charge in [0.25, 0.3) is 0 Å². The molecule has 0 atom stereocenters. The maximum Gasteiger partial charge on any atom is 0.186 e. The molecule has 0 spiro atoms. The van der Waals surface area contributed by atoms with Gasteiger partial charge < -0.3 is 14.6 Å². The van der Waals surface area contributed by atoms with Crippen molar-refractivity contribution in [1.82, 2.24) is 4.98 Å². The van der Waals surface area contributed by atoms with Gasteiger partial charge in [0.2, 0.25) is 0 Å². The molecule has 25 heavy (non-hydrogen) atoms. The van der Waals surface area contributed by atoms with Crippen molar-refractivity contribution >= 4 is 22.8 Å². The quantitative estimate of drug-likeness (QED) is 0.557. The first-order valence-corrected chi connectivity index (χ1v) is 7.91. The van der Waals surface area contributed by atoms with Gasteiger partial charge in [-0.2, -0.15) is 0 Å². The van der Waals surface area contributed by atoms with Gasteiger partial charge in [-0.15, -0.1) is 0 Å². The maximum atomic E-state index is 10.6. The standard InChI is InChI=1S/C20H20N2O3/c1-13-10-15(19(23)16(11-13)20(24-2)25-3)12-22-17-8-4-6-14-7-5-9-21-18(14)17/h4-12,20,23H,1-3H3. The van der Waals surface area contributed by atoms with Crippen LogP contribution in [0, 0.1) is 6.92 Å². The molecule has 0 aliphatic carbocycles. The van der Waals surface area contributed by atoms with Gasteiger partial charge in [-0.1, -0.05) is 18.2 Å². The highest BCUT2D eigenvalue weighted by Crippen LogP contribution is 2.31. The molecule has 128 valence electrons. The number of aromatic hydroxyl groups is 1. The number of phenols is 1. The smallest absolute Gasteiger partial charge is 0.186 e. The van der Waals surface area contributed by atoms with Crippen LogP contribution in [-0.4, -0.2) is 30.5 Å². The van der Waals surface area contributed by atoms with E-state index in [0.717, 1.165) is 22.2 Å². The van der Waals surface area contributed by atoms with Gasteiger partial charge >= 0.3 is 0 Å². The zero-order valence-electron chi connectivity index (χ0n) is 14.4. The molecule has 0 amide bonds. The summed E-state index contributed by atoms with van der Waals surface area (Å²) >= 11 is 0. The SMILES string of the molecule is COC(OC)c1cc(C)cc(C=Nc2cccc3cccnc23)c1O. The zero-order chi connectivity index (χ0) is 17.8. The van der Waals surface area contributed by atoms with Crippen LogP contribution in [0.25, 0.3) is 10.9 Å². The van der Waals surface area contributed by atoms with Crippen LogP contribution >= 0.6 is 0 Å². The third kappa shape index (κ3) is 3.52. The number of nitrogens with zero attached hydrogens (tertiary/aromatic N) is 2. The summed E-state index contributed by atoms with van der Waals surface area (Å²) in [7, 11) is 3.07. The Morgan fingerprint density at radius 3 is 2.64 bits per heavy atom. The Hall–Kier alpha value is -2.76. The largest absolute Gasteiger partial charge is 0.507 e. The number of hydrogen-bond donors (Lipinski definition) is 1. The number of aromatic nitrogens is 1. The van der Waals surface area contributed by atoms with Gasteiger partial charge in [-0.05, 0) is 36.8 Å². The van der Waals surface area contributed by atoms with Crippen LogP contribution in [0.1, 0.15) is 23.0 Å². The molecule has 0 aliphatic heterocycles. The second-order valence-corrected chi connectivity index (χ2v) is 5.71. The molecule has 0 saturated carbocycles. The molecule has 1 N–H and O–H groups in total. The van der Waals surface area contributed by atoms with Gasteiger partial charge in [0.15, 0.2) is 6.29 Å². The first-order chi connectivity index (χ1) is 12.1. The van der Waals surface area contributed by atoms with Crippen molar-refractivity contribution in [2.75, 3.05) is 14.2 Å². The first-order valence-electron chi connectivity index (χ1n) is 7.91. The van der Waals surface area contributed by atoms with Crippen LogP contribution in [0.5, 0.6) is 5.75 Å². The number of phenolic OH excluding ortho intramolecular Hbond substituents is 1. The number of ether oxygens (including phenoxy) is 2. The monoisotopic (exact) mass is 336 g/mol. The maximum absolute atomic E-state index is 10.6. The summed E-state index contributed by atoms with van der Waals surface area (Å²) in [5.41, 5.74) is 3.71. The van der Waals surface area contributed by atoms with Crippen LogP contribution in [0.4, 0.5) is 5.69 Å². The van der Waals surface area contributed by atoms with Crippen LogP contribution in [0.15, 0.2) is 53.7 Å². The molecule has 0 unspecified atom stereocenters. The average molecular weight is 336 g/mol. The fourth-order valence-electron chi connectivity index (χ4n) is 2.80. The number of aliphatic imine (C=N–C) groups is 1. The van der Waals surface area contributed by atoms with Crippen LogP contribution in [-0.2, 0) is 9.47 Å².